The van der Waals surface area contributed by atoms with Gasteiger partial charge in [0.15, 0.2) is 5.92 Å². The summed E-state index contributed by atoms with van der Waals surface area (Å²) >= 11 is 0. The van der Waals surface area contributed by atoms with Gasteiger partial charge < -0.3 is 9.47 Å². The van der Waals surface area contributed by atoms with Crippen molar-refractivity contribution in [3.8, 4) is 0 Å². The van der Waals surface area contributed by atoms with Gasteiger partial charge in [-0.05, 0) is 12.8 Å². The minimum atomic E-state index is -0.930. The number of hydrogen-bond acceptors (Lipinski definition) is 6. The van der Waals surface area contributed by atoms with Crippen molar-refractivity contribution in [3.05, 3.63) is 10.1 Å². The molecular formula is C10H17NO6. The molecule has 7 heteroatoms. The van der Waals surface area contributed by atoms with E-state index in [1.807, 2.05) is 0 Å². The fourth-order valence-electron chi connectivity index (χ4n) is 1.38. The van der Waals surface area contributed by atoms with Crippen molar-refractivity contribution in [2.75, 3.05) is 20.8 Å². The quantitative estimate of drug-likeness (QED) is 0.207. The first-order valence-corrected chi connectivity index (χ1v) is 5.30. The second kappa shape index (κ2) is 8.49. The molecule has 0 aliphatic rings. The SMILES string of the molecule is COC(=O)C(CCCCC[N+](=O)[O-])C(=O)OC. The van der Waals surface area contributed by atoms with Gasteiger partial charge in [0.25, 0.3) is 0 Å². The van der Waals surface area contributed by atoms with Crippen LogP contribution in [0.5, 0.6) is 0 Å². The Hall–Kier alpha value is -1.66. The first kappa shape index (κ1) is 15.3. The van der Waals surface area contributed by atoms with Crippen molar-refractivity contribution in [2.45, 2.75) is 25.7 Å². The van der Waals surface area contributed by atoms with Crippen molar-refractivity contribution < 1.29 is 24.0 Å². The summed E-state index contributed by atoms with van der Waals surface area (Å²) in [6.45, 7) is -0.0961. The van der Waals surface area contributed by atoms with Crippen LogP contribution in [0.2, 0.25) is 0 Å². The zero-order chi connectivity index (χ0) is 13.3. The van der Waals surface area contributed by atoms with Gasteiger partial charge in [0, 0.05) is 11.3 Å². The standard InChI is InChI=1S/C10H17NO6/c1-16-9(12)8(10(13)17-2)6-4-3-5-7-11(14)15/h8H,3-7H2,1-2H3. The Bertz CT molecular complexity index is 262. The molecule has 0 spiro atoms. The van der Waals surface area contributed by atoms with Crippen LogP contribution in [-0.2, 0) is 19.1 Å². The Balaban J connectivity index is 3.97. The van der Waals surface area contributed by atoms with E-state index >= 15 is 0 Å². The molecule has 0 saturated carbocycles. The number of hydrogen-bond donors (Lipinski definition) is 0. The van der Waals surface area contributed by atoms with Crippen LogP contribution in [0.3, 0.4) is 0 Å². The van der Waals surface area contributed by atoms with Gasteiger partial charge in [-0.1, -0.05) is 6.42 Å². The molecule has 0 atom stereocenters. The highest BCUT2D eigenvalue weighted by Gasteiger charge is 2.27. The molecule has 0 aliphatic heterocycles. The monoisotopic (exact) mass is 247 g/mol. The molecule has 0 unspecified atom stereocenters. The maximum atomic E-state index is 11.3. The summed E-state index contributed by atoms with van der Waals surface area (Å²) in [5, 5.41) is 10.1. The Labute approximate surface area is 99.2 Å². The molecule has 0 aliphatic carbocycles. The van der Waals surface area contributed by atoms with Crippen LogP contribution in [0.1, 0.15) is 25.7 Å². The minimum Gasteiger partial charge on any atom is -0.468 e. The maximum absolute atomic E-state index is 11.3. The minimum absolute atomic E-state index is 0.0961. The number of nitro groups is 1. The van der Waals surface area contributed by atoms with Crippen LogP contribution in [0, 0.1) is 16.0 Å². The second-order valence-electron chi connectivity index (χ2n) is 3.50. The van der Waals surface area contributed by atoms with E-state index in [4.69, 9.17) is 0 Å². The van der Waals surface area contributed by atoms with E-state index in [0.29, 0.717) is 19.3 Å². The zero-order valence-electron chi connectivity index (χ0n) is 10.0. The van der Waals surface area contributed by atoms with Crippen LogP contribution in [0.4, 0.5) is 0 Å². The van der Waals surface area contributed by atoms with Gasteiger partial charge in [-0.15, -0.1) is 0 Å². The Morgan fingerprint density at radius 2 is 1.65 bits per heavy atom. The zero-order valence-corrected chi connectivity index (χ0v) is 10.0. The fraction of sp³-hybridized carbons (Fsp3) is 0.800. The lowest BCUT2D eigenvalue weighted by Gasteiger charge is -2.11. The van der Waals surface area contributed by atoms with Crippen LogP contribution in [0.25, 0.3) is 0 Å². The smallest absolute Gasteiger partial charge is 0.320 e. The molecule has 0 bridgehead atoms. The normalized spacial score (nSPS) is 10.1. The average molecular weight is 247 g/mol. The highest BCUT2D eigenvalue weighted by molar-refractivity contribution is 5.94. The van der Waals surface area contributed by atoms with Crippen molar-refractivity contribution in [2.24, 2.45) is 5.92 Å². The van der Waals surface area contributed by atoms with E-state index in [1.54, 1.807) is 0 Å². The summed E-state index contributed by atoms with van der Waals surface area (Å²) in [6.07, 6.45) is 1.85. The van der Waals surface area contributed by atoms with Crippen molar-refractivity contribution in [3.63, 3.8) is 0 Å². The number of nitrogens with zero attached hydrogens (tertiary/aromatic N) is 1. The highest BCUT2D eigenvalue weighted by atomic mass is 16.6. The molecule has 0 saturated heterocycles. The summed E-state index contributed by atoms with van der Waals surface area (Å²) in [4.78, 5) is 32.2. The molecule has 98 valence electrons. The van der Waals surface area contributed by atoms with Crippen LogP contribution >= 0.6 is 0 Å². The topological polar surface area (TPSA) is 95.7 Å². The first-order chi connectivity index (χ1) is 8.02. The average Bonchev–Trinajstić information content (AvgIpc) is 2.31. The lowest BCUT2D eigenvalue weighted by molar-refractivity contribution is -0.480. The third-order valence-corrected chi connectivity index (χ3v) is 2.30. The highest BCUT2D eigenvalue weighted by Crippen LogP contribution is 2.13. The fourth-order valence-corrected chi connectivity index (χ4v) is 1.38. The third-order valence-electron chi connectivity index (χ3n) is 2.30. The lowest BCUT2D eigenvalue weighted by Crippen LogP contribution is -2.26. The van der Waals surface area contributed by atoms with Crippen molar-refractivity contribution >= 4 is 11.9 Å². The number of rotatable bonds is 8. The van der Waals surface area contributed by atoms with Gasteiger partial charge in [0.1, 0.15) is 0 Å². The molecule has 0 aromatic heterocycles. The van der Waals surface area contributed by atoms with Gasteiger partial charge in [0.05, 0.1) is 14.2 Å². The third kappa shape index (κ3) is 6.49. The molecule has 0 fully saturated rings. The lowest BCUT2D eigenvalue weighted by atomic mass is 10.0. The van der Waals surface area contributed by atoms with Gasteiger partial charge >= 0.3 is 11.9 Å². The van der Waals surface area contributed by atoms with E-state index in [9.17, 15) is 19.7 Å². The molecule has 0 N–H and O–H groups in total. The molecule has 7 nitrogen and oxygen atoms in total. The molecule has 0 heterocycles. The summed E-state index contributed by atoms with van der Waals surface area (Å²) < 4.78 is 8.97. The summed E-state index contributed by atoms with van der Waals surface area (Å²) in [5.41, 5.74) is 0. The first-order valence-electron chi connectivity index (χ1n) is 5.30. The van der Waals surface area contributed by atoms with Gasteiger partial charge in [-0.3, -0.25) is 19.7 Å². The molecular weight excluding hydrogens is 230 g/mol. The van der Waals surface area contributed by atoms with E-state index in [-0.39, 0.29) is 13.0 Å². The van der Waals surface area contributed by atoms with E-state index < -0.39 is 22.8 Å². The summed E-state index contributed by atoms with van der Waals surface area (Å²) in [7, 11) is 2.40. The molecule has 0 aromatic rings. The molecule has 0 rings (SSSR count). The van der Waals surface area contributed by atoms with Crippen LogP contribution < -0.4 is 0 Å². The number of esters is 2. The Morgan fingerprint density at radius 1 is 1.12 bits per heavy atom. The summed E-state index contributed by atoms with van der Waals surface area (Å²) in [6, 6.07) is 0. The Morgan fingerprint density at radius 3 is 2.06 bits per heavy atom. The molecule has 0 amide bonds. The van der Waals surface area contributed by atoms with Crippen LogP contribution in [-0.4, -0.2) is 37.6 Å². The molecule has 0 radical (unpaired) electrons. The largest absolute Gasteiger partial charge is 0.468 e. The predicted octanol–water partition coefficient (Wildman–Crippen LogP) is 0.786. The number of unbranched alkanes of at least 4 members (excludes halogenated alkanes) is 2. The van der Waals surface area contributed by atoms with E-state index in [0.717, 1.165) is 0 Å². The maximum Gasteiger partial charge on any atom is 0.320 e. The summed E-state index contributed by atoms with van der Waals surface area (Å²) in [5.74, 6) is -2.20. The van der Waals surface area contributed by atoms with Crippen molar-refractivity contribution in [1.29, 1.82) is 0 Å². The van der Waals surface area contributed by atoms with Crippen molar-refractivity contribution in [1.82, 2.24) is 0 Å². The molecule has 0 aromatic carbocycles. The van der Waals surface area contributed by atoms with Gasteiger partial charge in [-0.2, -0.15) is 0 Å². The second-order valence-corrected chi connectivity index (χ2v) is 3.50. The van der Waals surface area contributed by atoms with Gasteiger partial charge in [0.2, 0.25) is 6.54 Å². The van der Waals surface area contributed by atoms with Crippen LogP contribution in [0.15, 0.2) is 0 Å². The van der Waals surface area contributed by atoms with E-state index in [2.05, 4.69) is 9.47 Å². The van der Waals surface area contributed by atoms with E-state index in [1.165, 1.54) is 14.2 Å². The predicted molar refractivity (Wildman–Crippen MR) is 57.9 cm³/mol. The number of carbonyl (C=O) groups excluding carboxylic acids is 2. The van der Waals surface area contributed by atoms with Gasteiger partial charge in [-0.25, -0.2) is 0 Å². The molecule has 17 heavy (non-hydrogen) atoms. The number of ether oxygens (including phenoxy) is 2. The number of carbonyl (C=O) groups is 2. The number of methoxy groups -OCH3 is 2. The Kier molecular flexibility index (Phi) is 7.66.